The molecule has 3 amide bonds. The van der Waals surface area contributed by atoms with Crippen LogP contribution in [0.5, 0.6) is 0 Å². The molecule has 3 rings (SSSR count). The zero-order valence-corrected chi connectivity index (χ0v) is 24.5. The van der Waals surface area contributed by atoms with Crippen LogP contribution in [0.15, 0.2) is 27.6 Å². The smallest absolute Gasteiger partial charge is 0.308 e. The Balaban J connectivity index is 0.000000629. The number of carbonyl (C=O) groups excluding carboxylic acids is 3. The maximum absolute atomic E-state index is 14.0. The van der Waals surface area contributed by atoms with E-state index in [1.165, 1.54) is 19.2 Å². The quantitative estimate of drug-likeness (QED) is 0.384. The van der Waals surface area contributed by atoms with Crippen LogP contribution in [0.3, 0.4) is 0 Å². The van der Waals surface area contributed by atoms with E-state index >= 15 is 0 Å². The van der Waals surface area contributed by atoms with Gasteiger partial charge in [-0.05, 0) is 36.8 Å². The molecule has 1 saturated carbocycles. The van der Waals surface area contributed by atoms with Gasteiger partial charge in [0.2, 0.25) is 17.7 Å². The Morgan fingerprint density at radius 2 is 1.80 bits per heavy atom. The SMILES string of the molecule is CCC1CC(F)(F)C1.CCNC(=O)c1nnc(CNC(=O)C(NC(=O)C(=NC)c2cccc(F)c2C)C(C)(C)C)o1. The van der Waals surface area contributed by atoms with Gasteiger partial charge in [0.1, 0.15) is 17.6 Å². The molecule has 1 aliphatic carbocycles. The number of nitrogens with one attached hydrogen (secondary N) is 3. The van der Waals surface area contributed by atoms with Crippen LogP contribution in [-0.2, 0) is 16.1 Å². The average molecular weight is 581 g/mol. The first kappa shape index (κ1) is 33.4. The summed E-state index contributed by atoms with van der Waals surface area (Å²) in [6.07, 6.45) is 1.17. The summed E-state index contributed by atoms with van der Waals surface area (Å²) >= 11 is 0. The minimum atomic E-state index is -2.30. The van der Waals surface area contributed by atoms with Crippen molar-refractivity contribution in [2.45, 2.75) is 79.3 Å². The molecule has 1 aromatic heterocycles. The van der Waals surface area contributed by atoms with Crippen LogP contribution in [0.25, 0.3) is 0 Å². The molecule has 1 aliphatic rings. The van der Waals surface area contributed by atoms with Crippen molar-refractivity contribution in [3.05, 3.63) is 46.9 Å². The maximum Gasteiger partial charge on any atom is 0.308 e. The highest BCUT2D eigenvalue weighted by molar-refractivity contribution is 6.46. The average Bonchev–Trinajstić information content (AvgIpc) is 3.36. The Labute approximate surface area is 238 Å². The van der Waals surface area contributed by atoms with Gasteiger partial charge >= 0.3 is 11.8 Å². The fraction of sp³-hybridized carbons (Fsp3) is 0.571. The van der Waals surface area contributed by atoms with Crippen LogP contribution in [0.1, 0.15) is 81.6 Å². The van der Waals surface area contributed by atoms with Crippen molar-refractivity contribution in [3.8, 4) is 0 Å². The molecule has 226 valence electrons. The number of aliphatic imine (C=N–C) groups is 1. The minimum Gasteiger partial charge on any atom is -0.415 e. The van der Waals surface area contributed by atoms with Gasteiger partial charge in [-0.25, -0.2) is 13.2 Å². The molecule has 3 N–H and O–H groups in total. The van der Waals surface area contributed by atoms with E-state index in [1.807, 2.05) is 6.92 Å². The van der Waals surface area contributed by atoms with Crippen LogP contribution in [0.4, 0.5) is 13.2 Å². The van der Waals surface area contributed by atoms with E-state index in [2.05, 4.69) is 31.1 Å². The van der Waals surface area contributed by atoms with E-state index in [9.17, 15) is 27.6 Å². The number of rotatable bonds is 9. The predicted octanol–water partition coefficient (Wildman–Crippen LogP) is 3.97. The number of hydrogen-bond donors (Lipinski definition) is 3. The van der Waals surface area contributed by atoms with Gasteiger partial charge in [0, 0.05) is 32.0 Å². The van der Waals surface area contributed by atoms with Crippen molar-refractivity contribution in [1.82, 2.24) is 26.1 Å². The Morgan fingerprint density at radius 1 is 1.15 bits per heavy atom. The Morgan fingerprint density at radius 3 is 2.32 bits per heavy atom. The lowest BCUT2D eigenvalue weighted by Crippen LogP contribution is -2.55. The number of benzene rings is 1. The molecule has 0 bridgehead atoms. The topological polar surface area (TPSA) is 139 Å². The standard InChI is InChI=1S/C22H29FN6O4.C6H10F2/c1-7-25-20(32)21-29-28-15(33-21)11-26-19(31)17(22(3,4)5)27-18(30)16(24-6)13-9-8-10-14(23)12(13)2;1-2-5-3-6(7,8)4-5/h8-10,17H,7,11H2,1-6H3,(H,25,32)(H,26,31)(H,27,30);5H,2-4H2,1H3. The fourth-order valence-electron chi connectivity index (χ4n) is 4.07. The third kappa shape index (κ3) is 9.39. The van der Waals surface area contributed by atoms with E-state index < -0.39 is 40.9 Å². The molecule has 1 aromatic carbocycles. The third-order valence-corrected chi connectivity index (χ3v) is 6.53. The number of hydrogen-bond acceptors (Lipinski definition) is 7. The van der Waals surface area contributed by atoms with Crippen molar-refractivity contribution < 1.29 is 32.0 Å². The van der Waals surface area contributed by atoms with Crippen molar-refractivity contribution >= 4 is 23.4 Å². The summed E-state index contributed by atoms with van der Waals surface area (Å²) in [7, 11) is 1.42. The summed E-state index contributed by atoms with van der Waals surface area (Å²) < 4.78 is 43.2. The molecule has 0 saturated heterocycles. The van der Waals surface area contributed by atoms with Crippen LogP contribution in [0.2, 0.25) is 0 Å². The summed E-state index contributed by atoms with van der Waals surface area (Å²) in [5.41, 5.74) is -0.0370. The second-order valence-electron chi connectivity index (χ2n) is 10.9. The van der Waals surface area contributed by atoms with Crippen LogP contribution >= 0.6 is 0 Å². The summed E-state index contributed by atoms with van der Waals surface area (Å²) in [6, 6.07) is 3.42. The Bertz CT molecular complexity index is 1250. The molecule has 1 atom stereocenters. The monoisotopic (exact) mass is 580 g/mol. The van der Waals surface area contributed by atoms with E-state index in [4.69, 9.17) is 4.42 Å². The number of amides is 3. The highest BCUT2D eigenvalue weighted by Crippen LogP contribution is 2.43. The zero-order chi connectivity index (χ0) is 31.0. The number of alkyl halides is 2. The number of nitrogens with zero attached hydrogens (tertiary/aromatic N) is 3. The summed E-state index contributed by atoms with van der Waals surface area (Å²) in [5, 5.41) is 15.2. The van der Waals surface area contributed by atoms with Gasteiger partial charge in [-0.3, -0.25) is 19.4 Å². The lowest BCUT2D eigenvalue weighted by atomic mass is 9.80. The molecule has 41 heavy (non-hydrogen) atoms. The minimum absolute atomic E-state index is 0.0116. The Hall–Kier alpha value is -3.77. The van der Waals surface area contributed by atoms with E-state index in [0.29, 0.717) is 18.0 Å². The number of aromatic nitrogens is 2. The second kappa shape index (κ2) is 14.2. The molecule has 2 aromatic rings. The Kier molecular flexibility index (Phi) is 11.6. The maximum atomic E-state index is 14.0. The van der Waals surface area contributed by atoms with Crippen molar-refractivity contribution in [1.29, 1.82) is 0 Å². The van der Waals surface area contributed by atoms with Crippen LogP contribution in [0, 0.1) is 24.1 Å². The molecule has 0 aliphatic heterocycles. The van der Waals surface area contributed by atoms with Crippen molar-refractivity contribution in [2.24, 2.45) is 16.3 Å². The highest BCUT2D eigenvalue weighted by Gasteiger charge is 2.43. The first-order valence-electron chi connectivity index (χ1n) is 13.4. The molecule has 1 fully saturated rings. The van der Waals surface area contributed by atoms with Crippen LogP contribution < -0.4 is 16.0 Å². The summed E-state index contributed by atoms with van der Waals surface area (Å²) in [4.78, 5) is 41.7. The second-order valence-corrected chi connectivity index (χ2v) is 10.9. The molecule has 10 nitrogen and oxygen atoms in total. The molecular formula is C28H39F3N6O4. The van der Waals surface area contributed by atoms with Gasteiger partial charge in [-0.2, -0.15) is 0 Å². The summed E-state index contributed by atoms with van der Waals surface area (Å²) in [6.45, 7) is 10.9. The van der Waals surface area contributed by atoms with Gasteiger partial charge in [-0.15, -0.1) is 10.2 Å². The lowest BCUT2D eigenvalue weighted by Gasteiger charge is -2.33. The largest absolute Gasteiger partial charge is 0.415 e. The summed E-state index contributed by atoms with van der Waals surface area (Å²) in [5.74, 6) is -4.26. The van der Waals surface area contributed by atoms with E-state index in [1.54, 1.807) is 40.7 Å². The molecule has 1 unspecified atom stereocenters. The first-order valence-corrected chi connectivity index (χ1v) is 13.4. The first-order chi connectivity index (χ1) is 19.1. The van der Waals surface area contributed by atoms with Gasteiger partial charge in [0.15, 0.2) is 0 Å². The molecule has 1 heterocycles. The number of carbonyl (C=O) groups is 3. The predicted molar refractivity (Wildman–Crippen MR) is 147 cm³/mol. The third-order valence-electron chi connectivity index (χ3n) is 6.53. The molecule has 13 heteroatoms. The molecule has 0 spiro atoms. The van der Waals surface area contributed by atoms with E-state index in [-0.39, 0.29) is 42.4 Å². The zero-order valence-electron chi connectivity index (χ0n) is 24.5. The van der Waals surface area contributed by atoms with Gasteiger partial charge in [0.05, 0.1) is 6.54 Å². The van der Waals surface area contributed by atoms with E-state index in [0.717, 1.165) is 6.42 Å². The normalized spacial score (nSPS) is 15.6. The lowest BCUT2D eigenvalue weighted by molar-refractivity contribution is -0.129. The van der Waals surface area contributed by atoms with Crippen molar-refractivity contribution in [2.75, 3.05) is 13.6 Å². The highest BCUT2D eigenvalue weighted by atomic mass is 19.3. The molecular weight excluding hydrogens is 541 g/mol. The van der Waals surface area contributed by atoms with Gasteiger partial charge in [-0.1, -0.05) is 46.2 Å². The number of halogens is 3. The fourth-order valence-corrected chi connectivity index (χ4v) is 4.07. The van der Waals surface area contributed by atoms with Gasteiger partial charge < -0.3 is 20.4 Å². The van der Waals surface area contributed by atoms with Crippen LogP contribution in [-0.4, -0.2) is 59.2 Å². The molecule has 0 radical (unpaired) electrons. The van der Waals surface area contributed by atoms with Crippen molar-refractivity contribution in [3.63, 3.8) is 0 Å². The van der Waals surface area contributed by atoms with Gasteiger partial charge in [0.25, 0.3) is 5.91 Å².